The van der Waals surface area contributed by atoms with Crippen molar-refractivity contribution in [1.29, 1.82) is 0 Å². The topological polar surface area (TPSA) is 50.4 Å². The molecule has 2 rings (SSSR count). The molecule has 1 heterocycles. The SMILES string of the molecule is CC.O=C(O)C(F)(F)c1cc2cc(Cl)cc(Cl)c2o1. The molecule has 0 radical (unpaired) electrons. The first-order valence-corrected chi connectivity index (χ1v) is 6.08. The van der Waals surface area contributed by atoms with Gasteiger partial charge in [-0.25, -0.2) is 4.79 Å². The smallest absolute Gasteiger partial charge is 0.399 e. The lowest BCUT2D eigenvalue weighted by Gasteiger charge is -2.06. The summed E-state index contributed by atoms with van der Waals surface area (Å²) in [5.41, 5.74) is -0.0213. The zero-order chi connectivity index (χ0) is 14.8. The number of carboxylic acids is 1. The molecule has 7 heteroatoms. The lowest BCUT2D eigenvalue weighted by atomic mass is 10.2. The van der Waals surface area contributed by atoms with Gasteiger partial charge in [0.1, 0.15) is 0 Å². The Balaban J connectivity index is 0.000000861. The number of aliphatic carboxylic acids is 1. The fourth-order valence-electron chi connectivity index (χ4n) is 1.34. The first kappa shape index (κ1) is 15.7. The Morgan fingerprint density at radius 2 is 1.84 bits per heavy atom. The van der Waals surface area contributed by atoms with Gasteiger partial charge < -0.3 is 9.52 Å². The van der Waals surface area contributed by atoms with E-state index in [0.717, 1.165) is 6.07 Å². The number of carbonyl (C=O) groups is 1. The summed E-state index contributed by atoms with van der Waals surface area (Å²) < 4.78 is 31.1. The molecule has 0 atom stereocenters. The van der Waals surface area contributed by atoms with E-state index in [9.17, 15) is 13.6 Å². The molecule has 0 aliphatic carbocycles. The fourth-order valence-corrected chi connectivity index (χ4v) is 1.88. The molecule has 0 bridgehead atoms. The van der Waals surface area contributed by atoms with Crippen LogP contribution in [0.3, 0.4) is 0 Å². The largest absolute Gasteiger partial charge is 0.476 e. The molecule has 1 aromatic carbocycles. The number of hydrogen-bond acceptors (Lipinski definition) is 2. The van der Waals surface area contributed by atoms with Crippen LogP contribution >= 0.6 is 23.2 Å². The van der Waals surface area contributed by atoms with E-state index in [1.54, 1.807) is 0 Å². The van der Waals surface area contributed by atoms with Crippen LogP contribution in [0, 0.1) is 0 Å². The van der Waals surface area contributed by atoms with Crippen molar-refractivity contribution in [3.05, 3.63) is 34.0 Å². The number of furan rings is 1. The van der Waals surface area contributed by atoms with Gasteiger partial charge in [0.05, 0.1) is 5.02 Å². The second-order valence-electron chi connectivity index (χ2n) is 3.30. The third kappa shape index (κ3) is 2.98. The number of fused-ring (bicyclic) bond motifs is 1. The molecule has 19 heavy (non-hydrogen) atoms. The molecule has 0 saturated carbocycles. The summed E-state index contributed by atoms with van der Waals surface area (Å²) in [6.07, 6.45) is 0. The minimum Gasteiger partial charge on any atom is -0.476 e. The molecule has 3 nitrogen and oxygen atoms in total. The first-order valence-electron chi connectivity index (χ1n) is 5.32. The summed E-state index contributed by atoms with van der Waals surface area (Å²) in [6.45, 7) is 4.00. The van der Waals surface area contributed by atoms with Gasteiger partial charge in [0.2, 0.25) is 0 Å². The molecule has 0 amide bonds. The zero-order valence-electron chi connectivity index (χ0n) is 10.0. The van der Waals surface area contributed by atoms with Crippen molar-refractivity contribution >= 4 is 40.1 Å². The number of benzene rings is 1. The molecule has 0 spiro atoms. The summed E-state index contributed by atoms with van der Waals surface area (Å²) in [5.74, 6) is -7.38. The minimum atomic E-state index is -4.10. The van der Waals surface area contributed by atoms with Crippen molar-refractivity contribution in [2.75, 3.05) is 0 Å². The number of rotatable bonds is 2. The van der Waals surface area contributed by atoms with Gasteiger partial charge in [-0.05, 0) is 18.2 Å². The highest BCUT2D eigenvalue weighted by Crippen LogP contribution is 2.36. The maximum absolute atomic E-state index is 13.2. The lowest BCUT2D eigenvalue weighted by molar-refractivity contribution is -0.168. The zero-order valence-corrected chi connectivity index (χ0v) is 11.5. The Kier molecular flexibility index (Phi) is 4.76. The number of hydrogen-bond donors (Lipinski definition) is 1. The van der Waals surface area contributed by atoms with Gasteiger partial charge in [0.15, 0.2) is 11.3 Å². The Morgan fingerprint density at radius 3 is 2.37 bits per heavy atom. The maximum Gasteiger partial charge on any atom is 0.399 e. The van der Waals surface area contributed by atoms with Crippen LogP contribution in [0.15, 0.2) is 22.6 Å². The van der Waals surface area contributed by atoms with Gasteiger partial charge in [0.25, 0.3) is 0 Å². The third-order valence-electron chi connectivity index (χ3n) is 2.11. The van der Waals surface area contributed by atoms with Crippen molar-refractivity contribution in [3.63, 3.8) is 0 Å². The molecule has 0 aliphatic heterocycles. The monoisotopic (exact) mass is 310 g/mol. The van der Waals surface area contributed by atoms with Crippen LogP contribution in [0.25, 0.3) is 11.0 Å². The van der Waals surface area contributed by atoms with Crippen LogP contribution in [0.4, 0.5) is 8.78 Å². The van der Waals surface area contributed by atoms with E-state index in [0.29, 0.717) is 0 Å². The molecule has 1 N–H and O–H groups in total. The van der Waals surface area contributed by atoms with Gasteiger partial charge in [-0.15, -0.1) is 0 Å². The van der Waals surface area contributed by atoms with Crippen LogP contribution in [0.1, 0.15) is 19.6 Å². The van der Waals surface area contributed by atoms with Crippen LogP contribution in [-0.2, 0) is 10.7 Å². The predicted molar refractivity (Wildman–Crippen MR) is 69.1 cm³/mol. The Hall–Kier alpha value is -1.33. The summed E-state index contributed by atoms with van der Waals surface area (Å²) >= 11 is 11.4. The van der Waals surface area contributed by atoms with Crippen molar-refractivity contribution in [3.8, 4) is 0 Å². The number of carboxylic acid groups (broad SMARTS) is 1. The molecule has 0 saturated heterocycles. The van der Waals surface area contributed by atoms with Gasteiger partial charge in [0, 0.05) is 10.4 Å². The maximum atomic E-state index is 13.2. The first-order chi connectivity index (χ1) is 8.82. The van der Waals surface area contributed by atoms with Crippen LogP contribution in [0.2, 0.25) is 10.0 Å². The van der Waals surface area contributed by atoms with Crippen molar-refractivity contribution in [2.24, 2.45) is 0 Å². The van der Waals surface area contributed by atoms with E-state index < -0.39 is 17.7 Å². The molecule has 104 valence electrons. The van der Waals surface area contributed by atoms with Gasteiger partial charge in [-0.1, -0.05) is 37.0 Å². The summed E-state index contributed by atoms with van der Waals surface area (Å²) in [6, 6.07) is 3.58. The molecular weight excluding hydrogens is 301 g/mol. The van der Waals surface area contributed by atoms with Gasteiger partial charge >= 0.3 is 11.9 Å². The Morgan fingerprint density at radius 1 is 1.26 bits per heavy atom. The summed E-state index contributed by atoms with van der Waals surface area (Å²) in [5, 5.41) is 8.88. The Bertz CT molecular complexity index is 608. The minimum absolute atomic E-state index is 0.0213. The second kappa shape index (κ2) is 5.75. The van der Waals surface area contributed by atoms with E-state index >= 15 is 0 Å². The highest BCUT2D eigenvalue weighted by molar-refractivity contribution is 6.38. The average Bonchev–Trinajstić information content (AvgIpc) is 2.76. The highest BCUT2D eigenvalue weighted by atomic mass is 35.5. The highest BCUT2D eigenvalue weighted by Gasteiger charge is 2.44. The third-order valence-corrected chi connectivity index (χ3v) is 2.61. The normalized spacial score (nSPS) is 11.1. The molecule has 2 aromatic rings. The molecule has 0 aliphatic rings. The van der Waals surface area contributed by atoms with E-state index in [1.165, 1.54) is 12.1 Å². The molecule has 0 unspecified atom stereocenters. The molecule has 0 fully saturated rings. The molecule has 1 aromatic heterocycles. The lowest BCUT2D eigenvalue weighted by Crippen LogP contribution is -2.24. The van der Waals surface area contributed by atoms with Crippen LogP contribution in [-0.4, -0.2) is 11.1 Å². The predicted octanol–water partition coefficient (Wildman–Crippen LogP) is 4.94. The van der Waals surface area contributed by atoms with Crippen molar-refractivity contribution < 1.29 is 23.1 Å². The van der Waals surface area contributed by atoms with Crippen LogP contribution < -0.4 is 0 Å². The number of alkyl halides is 2. The Labute approximate surface area is 117 Å². The number of halogens is 4. The van der Waals surface area contributed by atoms with Gasteiger partial charge in [-0.3, -0.25) is 0 Å². The average molecular weight is 311 g/mol. The van der Waals surface area contributed by atoms with Crippen molar-refractivity contribution in [2.45, 2.75) is 19.8 Å². The van der Waals surface area contributed by atoms with E-state index in [1.807, 2.05) is 13.8 Å². The van der Waals surface area contributed by atoms with Crippen molar-refractivity contribution in [1.82, 2.24) is 0 Å². The second-order valence-corrected chi connectivity index (χ2v) is 4.14. The van der Waals surface area contributed by atoms with Gasteiger partial charge in [-0.2, -0.15) is 8.78 Å². The van der Waals surface area contributed by atoms with E-state index in [2.05, 4.69) is 0 Å². The summed E-state index contributed by atoms with van der Waals surface area (Å²) in [4.78, 5) is 10.4. The fraction of sp³-hybridized carbons (Fsp3) is 0.250. The van der Waals surface area contributed by atoms with Crippen LogP contribution in [0.5, 0.6) is 0 Å². The van der Waals surface area contributed by atoms with E-state index in [4.69, 9.17) is 32.7 Å². The quantitative estimate of drug-likeness (QED) is 0.854. The summed E-state index contributed by atoms with van der Waals surface area (Å²) in [7, 11) is 0. The standard InChI is InChI=1S/C10H4Cl2F2O3.C2H6/c11-5-1-4-2-7(10(13,14)9(15)16)17-8(4)6(12)3-5;1-2/h1-3H,(H,15,16);1-2H3. The van der Waals surface area contributed by atoms with E-state index in [-0.39, 0.29) is 21.0 Å². The molecular formula is C12H10Cl2F2O3.